The van der Waals surface area contributed by atoms with E-state index in [1.165, 1.54) is 173 Å². The Labute approximate surface area is 234 Å². The summed E-state index contributed by atoms with van der Waals surface area (Å²) in [4.78, 5) is 3.71. The van der Waals surface area contributed by atoms with Crippen molar-refractivity contribution < 1.29 is 4.57 Å². The average Bonchev–Trinajstić information content (AvgIpc) is 3.40. The molecule has 0 fully saturated rings. The van der Waals surface area contributed by atoms with E-state index in [0.29, 0.717) is 12.0 Å². The molecule has 2 nitrogen and oxygen atoms in total. The van der Waals surface area contributed by atoms with Crippen molar-refractivity contribution in [2.75, 3.05) is 0 Å². The molecule has 0 bridgehead atoms. The Morgan fingerprint density at radius 1 is 0.514 bits per heavy atom. The highest BCUT2D eigenvalue weighted by molar-refractivity contribution is 4.90. The largest absolute Gasteiger partial charge is 0.257 e. The van der Waals surface area contributed by atoms with E-state index >= 15 is 0 Å². The molecule has 1 aromatic heterocycles. The van der Waals surface area contributed by atoms with E-state index < -0.39 is 0 Å². The first-order valence-corrected chi connectivity index (χ1v) is 17.3. The zero-order chi connectivity index (χ0) is 26.8. The number of H-pyrrole nitrogens is 1. The minimum atomic E-state index is 0.622. The predicted octanol–water partition coefficient (Wildman–Crippen LogP) is 12.1. The van der Waals surface area contributed by atoms with Gasteiger partial charge in [0, 0.05) is 0 Å². The van der Waals surface area contributed by atoms with Gasteiger partial charge in [-0.15, -0.1) is 0 Å². The lowest BCUT2D eigenvalue weighted by Gasteiger charge is -2.17. The maximum absolute atomic E-state index is 3.71. The monoisotopic (exact) mass is 518 g/mol. The van der Waals surface area contributed by atoms with Gasteiger partial charge in [-0.2, -0.15) is 0 Å². The van der Waals surface area contributed by atoms with Gasteiger partial charge < -0.3 is 0 Å². The molecule has 2 unspecified atom stereocenters. The Morgan fingerprint density at radius 2 is 0.865 bits per heavy atom. The van der Waals surface area contributed by atoms with E-state index in [1.54, 1.807) is 0 Å². The van der Waals surface area contributed by atoms with Crippen LogP contribution in [0.1, 0.15) is 212 Å². The minimum absolute atomic E-state index is 0.622. The first-order chi connectivity index (χ1) is 18.2. The van der Waals surface area contributed by atoms with Crippen LogP contribution in [0.3, 0.4) is 0 Å². The Bertz CT molecular complexity index is 578. The molecule has 0 aliphatic rings. The summed E-state index contributed by atoms with van der Waals surface area (Å²) in [5.41, 5.74) is 0. The standard InChI is InChI=1S/C35H68N2/c1-5-8-11-14-16-17-18-19-20-21-23-25-28-33(4)37-32-31-36-35(37)34(29-26-22-13-10-7-3)30-27-24-15-12-9-6-2/h31-34H,5-30H2,1-4H3/p+1. The van der Waals surface area contributed by atoms with Crippen LogP contribution in [0.25, 0.3) is 0 Å². The van der Waals surface area contributed by atoms with Crippen molar-refractivity contribution >= 4 is 0 Å². The first kappa shape index (κ1) is 34.2. The van der Waals surface area contributed by atoms with E-state index in [1.807, 2.05) is 0 Å². The molecule has 1 aromatic rings. The van der Waals surface area contributed by atoms with Gasteiger partial charge in [0.1, 0.15) is 12.4 Å². The van der Waals surface area contributed by atoms with Gasteiger partial charge in [0.2, 0.25) is 0 Å². The molecule has 0 aliphatic carbocycles. The van der Waals surface area contributed by atoms with Crippen molar-refractivity contribution in [3.63, 3.8) is 0 Å². The average molecular weight is 518 g/mol. The zero-order valence-electron chi connectivity index (χ0n) is 26.1. The third kappa shape index (κ3) is 18.2. The van der Waals surface area contributed by atoms with E-state index in [-0.39, 0.29) is 0 Å². The highest BCUT2D eigenvalue weighted by atomic mass is 15.1. The summed E-state index contributed by atoms with van der Waals surface area (Å²) in [5.74, 6) is 2.24. The first-order valence-electron chi connectivity index (χ1n) is 17.3. The Morgan fingerprint density at radius 3 is 1.27 bits per heavy atom. The Kier molecular flexibility index (Phi) is 23.6. The van der Waals surface area contributed by atoms with Crippen LogP contribution in [0.4, 0.5) is 0 Å². The molecular weight excluding hydrogens is 448 g/mol. The number of nitrogens with one attached hydrogen (secondary N) is 1. The fraction of sp³-hybridized carbons (Fsp3) is 0.914. The molecule has 0 saturated carbocycles. The molecule has 2 atom stereocenters. The van der Waals surface area contributed by atoms with Crippen molar-refractivity contribution in [1.82, 2.24) is 4.98 Å². The molecule has 0 aromatic carbocycles. The van der Waals surface area contributed by atoms with E-state index in [9.17, 15) is 0 Å². The fourth-order valence-electron chi connectivity index (χ4n) is 6.07. The third-order valence-corrected chi connectivity index (χ3v) is 8.64. The lowest BCUT2D eigenvalue weighted by atomic mass is 9.93. The summed E-state index contributed by atoms with van der Waals surface area (Å²) in [6.07, 6.45) is 41.2. The van der Waals surface area contributed by atoms with Gasteiger partial charge in [-0.25, -0.2) is 9.55 Å². The number of nitrogens with zero attached hydrogens (tertiary/aromatic N) is 1. The zero-order valence-corrected chi connectivity index (χ0v) is 26.1. The number of rotatable bonds is 28. The summed E-state index contributed by atoms with van der Waals surface area (Å²) >= 11 is 0. The summed E-state index contributed by atoms with van der Waals surface area (Å²) in [6.45, 7) is 9.40. The van der Waals surface area contributed by atoms with Gasteiger partial charge >= 0.3 is 0 Å². The topological polar surface area (TPSA) is 19.7 Å². The fourth-order valence-corrected chi connectivity index (χ4v) is 6.07. The highest BCUT2D eigenvalue weighted by Crippen LogP contribution is 2.27. The molecule has 0 amide bonds. The molecule has 37 heavy (non-hydrogen) atoms. The van der Waals surface area contributed by atoms with Crippen molar-refractivity contribution in [2.24, 2.45) is 0 Å². The molecular formula is C35H69N2+. The van der Waals surface area contributed by atoms with E-state index in [2.05, 4.69) is 49.6 Å². The molecule has 218 valence electrons. The van der Waals surface area contributed by atoms with Crippen LogP contribution in [-0.2, 0) is 0 Å². The van der Waals surface area contributed by atoms with Crippen molar-refractivity contribution in [3.05, 3.63) is 18.2 Å². The van der Waals surface area contributed by atoms with Crippen LogP contribution in [0, 0.1) is 0 Å². The molecule has 0 radical (unpaired) electrons. The van der Waals surface area contributed by atoms with Crippen LogP contribution in [0.2, 0.25) is 0 Å². The quantitative estimate of drug-likeness (QED) is 0.0842. The Hall–Kier alpha value is -0.790. The van der Waals surface area contributed by atoms with Crippen molar-refractivity contribution in [3.8, 4) is 0 Å². The summed E-state index contributed by atoms with van der Waals surface area (Å²) < 4.78 is 2.62. The number of aromatic amines is 1. The number of hydrogen-bond donors (Lipinski definition) is 1. The van der Waals surface area contributed by atoms with Gasteiger partial charge in [0.05, 0.1) is 12.0 Å². The second-order valence-electron chi connectivity index (χ2n) is 12.2. The highest BCUT2D eigenvalue weighted by Gasteiger charge is 2.25. The lowest BCUT2D eigenvalue weighted by Crippen LogP contribution is -2.41. The van der Waals surface area contributed by atoms with E-state index in [0.717, 1.165) is 0 Å². The van der Waals surface area contributed by atoms with Crippen LogP contribution in [0.5, 0.6) is 0 Å². The van der Waals surface area contributed by atoms with E-state index in [4.69, 9.17) is 0 Å². The lowest BCUT2D eigenvalue weighted by molar-refractivity contribution is -0.727. The molecule has 1 heterocycles. The number of imidazole rings is 1. The van der Waals surface area contributed by atoms with Crippen LogP contribution in [0.15, 0.2) is 12.4 Å². The maximum Gasteiger partial charge on any atom is 0.257 e. The second kappa shape index (κ2) is 25.5. The minimum Gasteiger partial charge on any atom is -0.247 e. The number of hydrogen-bond acceptors (Lipinski definition) is 0. The second-order valence-corrected chi connectivity index (χ2v) is 12.2. The van der Waals surface area contributed by atoms with Crippen LogP contribution >= 0.6 is 0 Å². The van der Waals surface area contributed by atoms with Gasteiger partial charge in [-0.1, -0.05) is 162 Å². The molecule has 0 saturated heterocycles. The molecule has 1 rings (SSSR count). The predicted molar refractivity (Wildman–Crippen MR) is 166 cm³/mol. The Balaban J connectivity index is 2.36. The van der Waals surface area contributed by atoms with Crippen LogP contribution < -0.4 is 4.57 Å². The number of aromatic nitrogens is 2. The molecule has 0 spiro atoms. The number of unbranched alkanes of at least 4 members (excludes halogenated alkanes) is 20. The van der Waals surface area contributed by atoms with Gasteiger partial charge in [0.25, 0.3) is 5.82 Å². The molecule has 1 N–H and O–H groups in total. The van der Waals surface area contributed by atoms with Gasteiger partial charge in [-0.05, 0) is 32.6 Å². The van der Waals surface area contributed by atoms with Gasteiger partial charge in [0.15, 0.2) is 0 Å². The van der Waals surface area contributed by atoms with Crippen molar-refractivity contribution in [2.45, 2.75) is 207 Å². The molecule has 2 heteroatoms. The maximum atomic E-state index is 3.71. The summed E-state index contributed by atoms with van der Waals surface area (Å²) in [6, 6.07) is 0.622. The van der Waals surface area contributed by atoms with Gasteiger partial charge in [-0.3, -0.25) is 0 Å². The van der Waals surface area contributed by atoms with Crippen molar-refractivity contribution in [1.29, 1.82) is 0 Å². The summed E-state index contributed by atoms with van der Waals surface area (Å²) in [5, 5.41) is 0. The third-order valence-electron chi connectivity index (χ3n) is 8.64. The smallest absolute Gasteiger partial charge is 0.247 e. The van der Waals surface area contributed by atoms with Crippen LogP contribution in [-0.4, -0.2) is 4.98 Å². The normalized spacial score (nSPS) is 13.3. The molecule has 0 aliphatic heterocycles. The summed E-state index contributed by atoms with van der Waals surface area (Å²) in [7, 11) is 0. The SMILES string of the molecule is CCCCCCCCCCCCCCC(C)[n+]1cc[nH]c1C(CCCCCCC)CCCCCCCC.